The van der Waals surface area contributed by atoms with Crippen molar-refractivity contribution in [2.45, 2.75) is 137 Å². The average Bonchev–Trinajstić information content (AvgIpc) is 2.81. The van der Waals surface area contributed by atoms with Crippen molar-refractivity contribution in [2.24, 2.45) is 0 Å². The van der Waals surface area contributed by atoms with E-state index < -0.39 is 8.32 Å². The third-order valence-corrected chi connectivity index (χ3v) is 13.8. The SMILES string of the molecule is C/C(=C\CC/C(C)=C/CC[C@]1(C)CCc2c(C)c(O[Si](C)(C)C(C)(C)C)c(C)c(C)c2O1)CCC=C1COC1. The number of allylic oxidation sites excluding steroid dienone is 5. The lowest BCUT2D eigenvalue weighted by molar-refractivity contribution is 0.0559. The van der Waals surface area contributed by atoms with Gasteiger partial charge in [-0.3, -0.25) is 0 Å². The number of hydrogen-bond donors (Lipinski definition) is 0. The van der Waals surface area contributed by atoms with Gasteiger partial charge < -0.3 is 13.9 Å². The number of rotatable bonds is 11. The summed E-state index contributed by atoms with van der Waals surface area (Å²) in [5.74, 6) is 2.22. The first-order valence-electron chi connectivity index (χ1n) is 15.2. The minimum Gasteiger partial charge on any atom is -0.543 e. The molecule has 0 spiro atoms. The van der Waals surface area contributed by atoms with E-state index in [2.05, 4.69) is 93.6 Å². The molecule has 3 rings (SSSR count). The van der Waals surface area contributed by atoms with Crippen LogP contribution in [0.3, 0.4) is 0 Å². The first kappa shape index (κ1) is 31.7. The zero-order valence-corrected chi connectivity index (χ0v) is 28.0. The summed E-state index contributed by atoms with van der Waals surface area (Å²) in [5, 5.41) is 0.175. The molecule has 0 radical (unpaired) electrons. The number of hydrogen-bond acceptors (Lipinski definition) is 3. The van der Waals surface area contributed by atoms with E-state index in [9.17, 15) is 0 Å². The maximum Gasteiger partial charge on any atom is 0.250 e. The topological polar surface area (TPSA) is 27.7 Å². The summed E-state index contributed by atoms with van der Waals surface area (Å²) < 4.78 is 18.9. The van der Waals surface area contributed by atoms with Gasteiger partial charge >= 0.3 is 0 Å². The van der Waals surface area contributed by atoms with E-state index in [0.717, 1.165) is 76.1 Å². The van der Waals surface area contributed by atoms with Crippen LogP contribution < -0.4 is 9.16 Å². The van der Waals surface area contributed by atoms with Crippen molar-refractivity contribution < 1.29 is 13.9 Å². The van der Waals surface area contributed by atoms with Crippen molar-refractivity contribution >= 4 is 8.32 Å². The predicted molar refractivity (Wildman–Crippen MR) is 170 cm³/mol. The Hall–Kier alpha value is -1.78. The average molecular weight is 553 g/mol. The minimum atomic E-state index is -1.92. The van der Waals surface area contributed by atoms with Gasteiger partial charge in [-0.2, -0.15) is 0 Å². The molecule has 0 unspecified atom stereocenters. The fourth-order valence-electron chi connectivity index (χ4n) is 5.23. The Bertz CT molecular complexity index is 1110. The minimum absolute atomic E-state index is 0.119. The van der Waals surface area contributed by atoms with Gasteiger partial charge in [-0.05, 0) is 133 Å². The molecule has 4 heteroatoms. The molecule has 218 valence electrons. The Morgan fingerprint density at radius 2 is 1.54 bits per heavy atom. The lowest BCUT2D eigenvalue weighted by Gasteiger charge is -2.41. The molecular weight excluding hydrogens is 496 g/mol. The Morgan fingerprint density at radius 3 is 2.13 bits per heavy atom. The smallest absolute Gasteiger partial charge is 0.250 e. The Morgan fingerprint density at radius 1 is 0.923 bits per heavy atom. The highest BCUT2D eigenvalue weighted by molar-refractivity contribution is 6.74. The molecule has 0 N–H and O–H groups in total. The van der Waals surface area contributed by atoms with Crippen molar-refractivity contribution in [1.82, 2.24) is 0 Å². The van der Waals surface area contributed by atoms with Gasteiger partial charge in [-0.15, -0.1) is 0 Å². The van der Waals surface area contributed by atoms with Crippen LogP contribution >= 0.6 is 0 Å². The summed E-state index contributed by atoms with van der Waals surface area (Å²) in [7, 11) is -1.92. The summed E-state index contributed by atoms with van der Waals surface area (Å²) in [4.78, 5) is 0. The normalized spacial score (nSPS) is 20.3. The molecule has 1 fully saturated rings. The fraction of sp³-hybridized carbons (Fsp3) is 0.657. The van der Waals surface area contributed by atoms with Gasteiger partial charge in [0.15, 0.2) is 0 Å². The number of fused-ring (bicyclic) bond motifs is 1. The van der Waals surface area contributed by atoms with Gasteiger partial charge in [0.25, 0.3) is 8.32 Å². The van der Waals surface area contributed by atoms with Crippen LogP contribution in [0.25, 0.3) is 0 Å². The molecule has 0 bridgehead atoms. The second-order valence-corrected chi connectivity index (χ2v) is 18.7. The van der Waals surface area contributed by atoms with E-state index in [1.54, 1.807) is 0 Å². The van der Waals surface area contributed by atoms with E-state index in [4.69, 9.17) is 13.9 Å². The Balaban J connectivity index is 1.57. The maximum atomic E-state index is 6.86. The molecule has 2 aliphatic heterocycles. The van der Waals surface area contributed by atoms with Crippen LogP contribution in [-0.4, -0.2) is 27.1 Å². The zero-order valence-electron chi connectivity index (χ0n) is 27.0. The van der Waals surface area contributed by atoms with Gasteiger partial charge in [0.2, 0.25) is 0 Å². The number of benzene rings is 1. The lowest BCUT2D eigenvalue weighted by Crippen LogP contribution is -2.44. The van der Waals surface area contributed by atoms with Gasteiger partial charge in [-0.25, -0.2) is 0 Å². The third-order valence-electron chi connectivity index (χ3n) is 9.47. The molecule has 1 atom stereocenters. The van der Waals surface area contributed by atoms with Gasteiger partial charge in [0, 0.05) is 5.56 Å². The molecule has 0 aliphatic carbocycles. The Kier molecular flexibility index (Phi) is 10.4. The summed E-state index contributed by atoms with van der Waals surface area (Å²) in [6.45, 7) is 26.8. The van der Waals surface area contributed by atoms with Crippen LogP contribution in [0.1, 0.15) is 109 Å². The van der Waals surface area contributed by atoms with Crippen molar-refractivity contribution in [1.29, 1.82) is 0 Å². The first-order valence-corrected chi connectivity index (χ1v) is 18.1. The summed E-state index contributed by atoms with van der Waals surface area (Å²) in [5.41, 5.74) is 9.47. The molecule has 1 aromatic rings. The summed E-state index contributed by atoms with van der Waals surface area (Å²) in [6.07, 6.45) is 16.0. The van der Waals surface area contributed by atoms with Gasteiger partial charge in [0.1, 0.15) is 17.1 Å². The van der Waals surface area contributed by atoms with E-state index >= 15 is 0 Å². The molecule has 0 aromatic heterocycles. The largest absolute Gasteiger partial charge is 0.543 e. The van der Waals surface area contributed by atoms with Gasteiger partial charge in [-0.1, -0.05) is 50.1 Å². The molecule has 39 heavy (non-hydrogen) atoms. The molecule has 3 nitrogen and oxygen atoms in total. The van der Waals surface area contributed by atoms with Crippen LogP contribution in [0, 0.1) is 20.8 Å². The molecular formula is C35H56O3Si. The van der Waals surface area contributed by atoms with E-state index in [1.807, 2.05) is 0 Å². The highest BCUT2D eigenvalue weighted by Gasteiger charge is 2.41. The monoisotopic (exact) mass is 552 g/mol. The molecule has 1 saturated heterocycles. The quantitative estimate of drug-likeness (QED) is 0.202. The fourth-order valence-corrected chi connectivity index (χ4v) is 6.36. The van der Waals surface area contributed by atoms with E-state index in [-0.39, 0.29) is 10.6 Å². The first-order chi connectivity index (χ1) is 18.1. The van der Waals surface area contributed by atoms with Crippen LogP contribution in [-0.2, 0) is 11.2 Å². The third kappa shape index (κ3) is 8.13. The predicted octanol–water partition coefficient (Wildman–Crippen LogP) is 10.3. The maximum absolute atomic E-state index is 6.86. The van der Waals surface area contributed by atoms with Crippen LogP contribution in [0.2, 0.25) is 18.1 Å². The zero-order chi connectivity index (χ0) is 29.0. The van der Waals surface area contributed by atoms with Crippen molar-refractivity contribution in [2.75, 3.05) is 13.2 Å². The number of ether oxygens (including phenoxy) is 2. The second kappa shape index (κ2) is 12.8. The van der Waals surface area contributed by atoms with Crippen LogP contribution in [0.4, 0.5) is 0 Å². The second-order valence-electron chi connectivity index (χ2n) is 14.0. The summed E-state index contributed by atoms with van der Waals surface area (Å²) in [6, 6.07) is 0. The van der Waals surface area contributed by atoms with E-state index in [0.29, 0.717) is 0 Å². The van der Waals surface area contributed by atoms with Crippen molar-refractivity contribution in [3.8, 4) is 11.5 Å². The molecule has 0 amide bonds. The molecule has 2 heterocycles. The molecule has 1 aromatic carbocycles. The van der Waals surface area contributed by atoms with Crippen molar-refractivity contribution in [3.05, 3.63) is 57.2 Å². The Labute approximate surface area is 241 Å². The van der Waals surface area contributed by atoms with Gasteiger partial charge in [0.05, 0.1) is 13.2 Å². The standard InChI is InChI=1S/C35H56O3Si/c1-25(17-13-19-30-23-36-24-30)15-12-16-26(2)18-14-21-35(9)22-20-31-29(5)32(27(3)28(4)33(31)37-35)38-39(10,11)34(6,7)8/h15,18-19H,12-14,16-17,20-24H2,1-11H3/b25-15+,26-18+/t35-/m1/s1. The van der Waals surface area contributed by atoms with Crippen LogP contribution in [0.5, 0.6) is 11.5 Å². The molecule has 2 aliphatic rings. The van der Waals surface area contributed by atoms with Crippen molar-refractivity contribution in [3.63, 3.8) is 0 Å². The summed E-state index contributed by atoms with van der Waals surface area (Å²) >= 11 is 0. The highest BCUT2D eigenvalue weighted by Crippen LogP contribution is 2.47. The highest BCUT2D eigenvalue weighted by atomic mass is 28.4. The van der Waals surface area contributed by atoms with E-state index in [1.165, 1.54) is 39.0 Å². The van der Waals surface area contributed by atoms with Crippen LogP contribution in [0.15, 0.2) is 34.9 Å². The molecule has 0 saturated carbocycles. The lowest BCUT2D eigenvalue weighted by atomic mass is 9.85.